The fourth-order valence-corrected chi connectivity index (χ4v) is 4.48. The molecule has 1 saturated heterocycles. The molecule has 3 aromatic carbocycles. The largest absolute Gasteiger partial charge is 0.507 e. The molecule has 0 spiro atoms. The summed E-state index contributed by atoms with van der Waals surface area (Å²) in [7, 11) is 1.61. The van der Waals surface area contributed by atoms with Gasteiger partial charge >= 0.3 is 0 Å². The lowest BCUT2D eigenvalue weighted by atomic mass is 9.92. The molecule has 0 saturated carbocycles. The number of fused-ring (bicyclic) bond motifs is 1. The summed E-state index contributed by atoms with van der Waals surface area (Å²) in [5, 5.41) is 13.2. The van der Waals surface area contributed by atoms with Crippen molar-refractivity contribution in [1.82, 2.24) is 4.90 Å². The van der Waals surface area contributed by atoms with Crippen LogP contribution in [0, 0.1) is 0 Å². The third kappa shape index (κ3) is 4.29. The standard InChI is InChI=1S/C28H29NO4/c1-18(2)19-12-14-21(15-13-19)25-24(27(31)28(32)29(25)16-7-17-33-3)26(30)23-11-6-9-20-8-4-5-10-22(20)23/h4-6,8-15,18,25,30H,7,16-17H2,1-3H3/b26-24-. The van der Waals surface area contributed by atoms with E-state index >= 15 is 0 Å². The number of carbonyl (C=O) groups is 2. The molecule has 0 aliphatic carbocycles. The van der Waals surface area contributed by atoms with Crippen molar-refractivity contribution in [2.45, 2.75) is 32.2 Å². The highest BCUT2D eigenvalue weighted by Gasteiger charge is 2.45. The SMILES string of the molecule is COCCCN1C(=O)C(=O)/C(=C(\O)c2cccc3ccccc23)C1c1ccc(C(C)C)cc1. The smallest absolute Gasteiger partial charge is 0.295 e. The van der Waals surface area contributed by atoms with Crippen LogP contribution in [-0.4, -0.2) is 42.0 Å². The van der Waals surface area contributed by atoms with Crippen molar-refractivity contribution in [1.29, 1.82) is 0 Å². The van der Waals surface area contributed by atoms with Crippen molar-refractivity contribution >= 4 is 28.2 Å². The predicted octanol–water partition coefficient (Wildman–Crippen LogP) is 5.42. The molecular weight excluding hydrogens is 414 g/mol. The van der Waals surface area contributed by atoms with Gasteiger partial charge in [-0.3, -0.25) is 9.59 Å². The highest BCUT2D eigenvalue weighted by Crippen LogP contribution is 2.40. The Morgan fingerprint density at radius 2 is 1.70 bits per heavy atom. The quantitative estimate of drug-likeness (QED) is 0.229. The summed E-state index contributed by atoms with van der Waals surface area (Å²) < 4.78 is 5.15. The van der Waals surface area contributed by atoms with E-state index in [0.29, 0.717) is 31.1 Å². The van der Waals surface area contributed by atoms with E-state index in [1.54, 1.807) is 18.1 Å². The van der Waals surface area contributed by atoms with Gasteiger partial charge in [0.15, 0.2) is 0 Å². The number of likely N-dealkylation sites (tertiary alicyclic amines) is 1. The summed E-state index contributed by atoms with van der Waals surface area (Å²) in [6.07, 6.45) is 0.596. The lowest BCUT2D eigenvalue weighted by Crippen LogP contribution is -2.31. The van der Waals surface area contributed by atoms with Crippen LogP contribution in [-0.2, 0) is 14.3 Å². The van der Waals surface area contributed by atoms with Crippen LogP contribution in [0.3, 0.4) is 0 Å². The zero-order valence-electron chi connectivity index (χ0n) is 19.2. The minimum absolute atomic E-state index is 0.131. The van der Waals surface area contributed by atoms with Gasteiger partial charge in [0.25, 0.3) is 11.7 Å². The number of amides is 1. The summed E-state index contributed by atoms with van der Waals surface area (Å²) >= 11 is 0. The maximum atomic E-state index is 13.2. The Morgan fingerprint density at radius 3 is 2.39 bits per heavy atom. The Balaban J connectivity index is 1.88. The first-order valence-corrected chi connectivity index (χ1v) is 11.3. The van der Waals surface area contributed by atoms with E-state index in [0.717, 1.165) is 16.3 Å². The van der Waals surface area contributed by atoms with Crippen molar-refractivity contribution in [2.75, 3.05) is 20.3 Å². The topological polar surface area (TPSA) is 66.8 Å². The van der Waals surface area contributed by atoms with Gasteiger partial charge in [-0.15, -0.1) is 0 Å². The molecule has 5 heteroatoms. The third-order valence-corrected chi connectivity index (χ3v) is 6.25. The maximum absolute atomic E-state index is 13.2. The highest BCUT2D eigenvalue weighted by atomic mass is 16.5. The number of ether oxygens (including phenoxy) is 1. The number of aliphatic hydroxyl groups is 1. The van der Waals surface area contributed by atoms with Gasteiger partial charge in [0, 0.05) is 25.8 Å². The van der Waals surface area contributed by atoms with Crippen molar-refractivity contribution in [2.24, 2.45) is 0 Å². The van der Waals surface area contributed by atoms with Crippen LogP contribution in [0.5, 0.6) is 0 Å². The van der Waals surface area contributed by atoms with Crippen LogP contribution in [0.15, 0.2) is 72.3 Å². The van der Waals surface area contributed by atoms with Crippen molar-refractivity contribution in [3.63, 3.8) is 0 Å². The lowest BCUT2D eigenvalue weighted by Gasteiger charge is -2.25. The van der Waals surface area contributed by atoms with E-state index in [9.17, 15) is 14.7 Å². The monoisotopic (exact) mass is 443 g/mol. The van der Waals surface area contributed by atoms with Gasteiger partial charge in [-0.25, -0.2) is 0 Å². The Bertz CT molecular complexity index is 1200. The molecular formula is C28H29NO4. The fourth-order valence-electron chi connectivity index (χ4n) is 4.48. The number of rotatable bonds is 7. The molecule has 1 amide bonds. The lowest BCUT2D eigenvalue weighted by molar-refractivity contribution is -0.140. The van der Waals surface area contributed by atoms with Crippen LogP contribution in [0.4, 0.5) is 0 Å². The number of benzene rings is 3. The third-order valence-electron chi connectivity index (χ3n) is 6.25. The highest BCUT2D eigenvalue weighted by molar-refractivity contribution is 6.46. The Labute approximate surface area is 194 Å². The van der Waals surface area contributed by atoms with E-state index in [4.69, 9.17) is 4.74 Å². The maximum Gasteiger partial charge on any atom is 0.295 e. The van der Waals surface area contributed by atoms with Crippen LogP contribution in [0.2, 0.25) is 0 Å². The molecule has 3 aromatic rings. The van der Waals surface area contributed by atoms with Gasteiger partial charge in [-0.1, -0.05) is 80.6 Å². The number of nitrogens with zero attached hydrogens (tertiary/aromatic N) is 1. The molecule has 0 aromatic heterocycles. The molecule has 1 aliphatic heterocycles. The van der Waals surface area contributed by atoms with E-state index < -0.39 is 17.7 Å². The zero-order chi connectivity index (χ0) is 23.5. The molecule has 4 rings (SSSR count). The number of Topliss-reactive ketones (excluding diaryl/α,β-unsaturated/α-hetero) is 1. The summed E-state index contributed by atoms with van der Waals surface area (Å²) in [5.74, 6) is -1.03. The summed E-state index contributed by atoms with van der Waals surface area (Å²) in [6, 6.07) is 20.6. The number of hydrogen-bond acceptors (Lipinski definition) is 4. The van der Waals surface area contributed by atoms with E-state index in [2.05, 4.69) is 13.8 Å². The number of hydrogen-bond donors (Lipinski definition) is 1. The molecule has 1 N–H and O–H groups in total. The van der Waals surface area contributed by atoms with Crippen LogP contribution in [0.1, 0.15) is 48.9 Å². The molecule has 1 aliphatic rings. The molecule has 1 heterocycles. The van der Waals surface area contributed by atoms with Crippen molar-refractivity contribution in [3.8, 4) is 0 Å². The Kier molecular flexibility index (Phi) is 6.61. The average molecular weight is 444 g/mol. The molecule has 33 heavy (non-hydrogen) atoms. The predicted molar refractivity (Wildman–Crippen MR) is 130 cm³/mol. The van der Waals surface area contributed by atoms with Gasteiger partial charge in [0.1, 0.15) is 5.76 Å². The molecule has 1 fully saturated rings. The second kappa shape index (κ2) is 9.59. The molecule has 170 valence electrons. The van der Waals surface area contributed by atoms with E-state index in [-0.39, 0.29) is 11.3 Å². The Morgan fingerprint density at radius 1 is 1.00 bits per heavy atom. The normalized spacial score (nSPS) is 17.9. The summed E-state index contributed by atoms with van der Waals surface area (Å²) in [4.78, 5) is 27.8. The minimum atomic E-state index is -0.657. The van der Waals surface area contributed by atoms with Gasteiger partial charge in [0.2, 0.25) is 0 Å². The first-order chi connectivity index (χ1) is 15.9. The first-order valence-electron chi connectivity index (χ1n) is 11.3. The summed E-state index contributed by atoms with van der Waals surface area (Å²) in [5.41, 5.74) is 2.65. The fraction of sp³-hybridized carbons (Fsp3) is 0.286. The van der Waals surface area contributed by atoms with Crippen molar-refractivity contribution in [3.05, 3.63) is 89.0 Å². The second-order valence-electron chi connectivity index (χ2n) is 8.69. The minimum Gasteiger partial charge on any atom is -0.507 e. The molecule has 1 atom stereocenters. The number of ketones is 1. The van der Waals surface area contributed by atoms with Gasteiger partial charge in [-0.05, 0) is 34.2 Å². The molecule has 0 bridgehead atoms. The van der Waals surface area contributed by atoms with E-state index in [1.165, 1.54) is 5.56 Å². The van der Waals surface area contributed by atoms with Crippen LogP contribution >= 0.6 is 0 Å². The second-order valence-corrected chi connectivity index (χ2v) is 8.69. The summed E-state index contributed by atoms with van der Waals surface area (Å²) in [6.45, 7) is 5.07. The molecule has 0 radical (unpaired) electrons. The van der Waals surface area contributed by atoms with Crippen LogP contribution < -0.4 is 0 Å². The van der Waals surface area contributed by atoms with Gasteiger partial charge in [0.05, 0.1) is 11.6 Å². The molecule has 5 nitrogen and oxygen atoms in total. The van der Waals surface area contributed by atoms with Gasteiger partial charge < -0.3 is 14.7 Å². The average Bonchev–Trinajstić information content (AvgIpc) is 3.08. The van der Waals surface area contributed by atoms with Gasteiger partial charge in [-0.2, -0.15) is 0 Å². The zero-order valence-corrected chi connectivity index (χ0v) is 19.2. The van der Waals surface area contributed by atoms with E-state index in [1.807, 2.05) is 60.7 Å². The number of aliphatic hydroxyl groups excluding tert-OH is 1. The molecule has 1 unspecified atom stereocenters. The Hall–Kier alpha value is -3.44. The number of methoxy groups -OCH3 is 1. The van der Waals surface area contributed by atoms with Crippen LogP contribution in [0.25, 0.3) is 16.5 Å². The number of carbonyl (C=O) groups excluding carboxylic acids is 2. The van der Waals surface area contributed by atoms with Crippen molar-refractivity contribution < 1.29 is 19.4 Å². The first kappa shape index (κ1) is 22.7.